The van der Waals surface area contributed by atoms with Crippen molar-refractivity contribution in [1.29, 1.82) is 0 Å². The summed E-state index contributed by atoms with van der Waals surface area (Å²) in [5, 5.41) is 20.9. The van der Waals surface area contributed by atoms with Crippen LogP contribution in [-0.4, -0.2) is 58.1 Å². The van der Waals surface area contributed by atoms with Gasteiger partial charge in [-0.1, -0.05) is 271 Å². The van der Waals surface area contributed by atoms with Crippen molar-refractivity contribution in [2.45, 2.75) is 308 Å². The summed E-state index contributed by atoms with van der Waals surface area (Å²) in [5.41, 5.74) is 2.78. The Morgan fingerprint density at radius 3 is 0.889 bits per heavy atom. The monoisotopic (exact) mass is 916 g/mol. The van der Waals surface area contributed by atoms with Gasteiger partial charge in [-0.3, -0.25) is 18.6 Å². The van der Waals surface area contributed by atoms with Gasteiger partial charge < -0.3 is 20.8 Å². The fourth-order valence-electron chi connectivity index (χ4n) is 9.00. The van der Waals surface area contributed by atoms with Crippen LogP contribution in [0.15, 0.2) is 0 Å². The largest absolute Gasteiger partial charge is 0.473 e. The number of hydrogen-bond donors (Lipinski definition) is 4. The third-order valence-electron chi connectivity index (χ3n) is 13.1. The molecule has 63 heavy (non-hydrogen) atoms. The average Bonchev–Trinajstić information content (AvgIpc) is 3.28. The van der Waals surface area contributed by atoms with E-state index in [1.807, 2.05) is 0 Å². The first-order chi connectivity index (χ1) is 30.7. The van der Waals surface area contributed by atoms with E-state index in [4.69, 9.17) is 14.8 Å². The number of unbranched alkanes of at least 4 members (excludes halogenated alkanes) is 40. The van der Waals surface area contributed by atoms with Crippen LogP contribution in [0.25, 0.3) is 0 Å². The fraction of sp³-hybridized carbons (Fsp3) is 0.962. The van der Waals surface area contributed by atoms with E-state index in [0.29, 0.717) is 12.8 Å². The maximum Gasteiger partial charge on any atom is 0.473 e. The second-order valence-corrected chi connectivity index (χ2v) is 20.5. The highest BCUT2D eigenvalue weighted by atomic mass is 31.2. The second kappa shape index (κ2) is 46.4. The highest BCUT2D eigenvalue weighted by molar-refractivity contribution is 7.47. The van der Waals surface area contributed by atoms with Gasteiger partial charge in [0.2, 0.25) is 5.60 Å². The van der Waals surface area contributed by atoms with Crippen LogP contribution in [0.4, 0.5) is 0 Å². The molecule has 2 atom stereocenters. The number of nitrogens with two attached hydrogens (primary N) is 1. The lowest BCUT2D eigenvalue weighted by Crippen LogP contribution is -2.58. The molecule has 0 saturated carbocycles. The molecular formula is C53H106NO8P. The van der Waals surface area contributed by atoms with E-state index in [-0.39, 0.29) is 26.0 Å². The minimum Gasteiger partial charge on any atom is -0.394 e. The van der Waals surface area contributed by atoms with E-state index < -0.39 is 37.7 Å². The minimum absolute atomic E-state index is 0.0791. The number of rotatable bonds is 53. The minimum atomic E-state index is -4.96. The maximum absolute atomic E-state index is 13.7. The van der Waals surface area contributed by atoms with Crippen molar-refractivity contribution >= 4 is 19.4 Å². The van der Waals surface area contributed by atoms with Crippen molar-refractivity contribution in [1.82, 2.24) is 0 Å². The second-order valence-electron chi connectivity index (χ2n) is 19.1. The van der Waals surface area contributed by atoms with Crippen LogP contribution in [0, 0.1) is 0 Å². The predicted octanol–water partition coefficient (Wildman–Crippen LogP) is 15.5. The maximum atomic E-state index is 13.7. The molecule has 0 bridgehead atoms. The molecule has 376 valence electrons. The van der Waals surface area contributed by atoms with Gasteiger partial charge >= 0.3 is 7.82 Å². The number of carbonyl (C=O) groups is 2. The Labute approximate surface area is 390 Å². The lowest BCUT2D eigenvalue weighted by Gasteiger charge is -2.35. The van der Waals surface area contributed by atoms with Gasteiger partial charge in [0.15, 0.2) is 11.6 Å². The lowest BCUT2D eigenvalue weighted by molar-refractivity contribution is -0.164. The first-order valence-corrected chi connectivity index (χ1v) is 28.9. The predicted molar refractivity (Wildman–Crippen MR) is 266 cm³/mol. The highest BCUT2D eigenvalue weighted by Crippen LogP contribution is 2.49. The first-order valence-electron chi connectivity index (χ1n) is 27.4. The van der Waals surface area contributed by atoms with Crippen molar-refractivity contribution in [3.05, 3.63) is 0 Å². The molecule has 10 heteroatoms. The molecule has 0 aromatic carbocycles. The number of aliphatic hydroxyl groups excluding tert-OH is 2. The molecule has 0 saturated heterocycles. The van der Waals surface area contributed by atoms with Gasteiger partial charge in [0.1, 0.15) is 6.10 Å². The van der Waals surface area contributed by atoms with Crippen LogP contribution in [0.5, 0.6) is 0 Å². The van der Waals surface area contributed by atoms with Crippen LogP contribution in [0.1, 0.15) is 296 Å². The summed E-state index contributed by atoms with van der Waals surface area (Å²) in [5.74, 6) is -1.58. The van der Waals surface area contributed by atoms with Gasteiger partial charge in [-0.05, 0) is 12.8 Å². The standard InChI is InChI=1S/C53H106NO8P/c1-3-5-7-9-11-13-15-17-19-21-23-25-27-29-31-33-35-37-39-41-43-45-50(56)53(52(58)49-55,62-63(59,60)61-48-47-54)51(57)46-44-42-40-38-36-34-32-30-28-26-24-22-20-18-16-14-12-10-8-6-4-2/h52,55,58H,3-49,54H2,1-2H3,(H,59,60)/t52-/m0/s1. The molecule has 0 aliphatic carbocycles. The molecule has 0 aromatic heterocycles. The van der Waals surface area contributed by atoms with Crippen molar-refractivity contribution in [3.63, 3.8) is 0 Å². The molecule has 0 aliphatic rings. The third-order valence-corrected chi connectivity index (χ3v) is 14.1. The van der Waals surface area contributed by atoms with Crippen LogP contribution < -0.4 is 5.73 Å². The Balaban J connectivity index is 4.38. The number of aliphatic hydroxyl groups is 2. The van der Waals surface area contributed by atoms with Gasteiger partial charge in [-0.2, -0.15) is 0 Å². The molecule has 0 radical (unpaired) electrons. The molecule has 0 amide bonds. The van der Waals surface area contributed by atoms with Crippen LogP contribution in [0.2, 0.25) is 0 Å². The summed E-state index contributed by atoms with van der Waals surface area (Å²) < 4.78 is 23.1. The molecule has 0 heterocycles. The Morgan fingerprint density at radius 1 is 0.460 bits per heavy atom. The third kappa shape index (κ3) is 37.1. The fourth-order valence-corrected chi connectivity index (χ4v) is 10.1. The molecule has 0 aromatic rings. The van der Waals surface area contributed by atoms with E-state index in [9.17, 15) is 29.3 Å². The van der Waals surface area contributed by atoms with E-state index >= 15 is 0 Å². The molecule has 1 unspecified atom stereocenters. The first kappa shape index (κ1) is 62.3. The zero-order chi connectivity index (χ0) is 46.4. The molecule has 9 nitrogen and oxygen atoms in total. The number of Topliss-reactive ketones (excluding diaryl/α,β-unsaturated/α-hetero) is 2. The quantitative estimate of drug-likeness (QED) is 0.0265. The molecule has 0 aliphatic heterocycles. The van der Waals surface area contributed by atoms with E-state index in [0.717, 1.165) is 51.4 Å². The lowest BCUT2D eigenvalue weighted by atomic mass is 9.82. The Morgan fingerprint density at radius 2 is 0.683 bits per heavy atom. The normalized spacial score (nSPS) is 13.4. The van der Waals surface area contributed by atoms with Gasteiger partial charge in [0.05, 0.1) is 13.2 Å². The zero-order valence-corrected chi connectivity index (χ0v) is 42.6. The Hall–Kier alpha value is -0.670. The van der Waals surface area contributed by atoms with Crippen molar-refractivity contribution in [2.24, 2.45) is 5.73 Å². The summed E-state index contributed by atoms with van der Waals surface area (Å²) in [6, 6.07) is 0. The van der Waals surface area contributed by atoms with Crippen LogP contribution in [0.3, 0.4) is 0 Å². The summed E-state index contributed by atoms with van der Waals surface area (Å²) in [7, 11) is -4.96. The van der Waals surface area contributed by atoms with Gasteiger partial charge in [0, 0.05) is 19.4 Å². The smallest absolute Gasteiger partial charge is 0.394 e. The Bertz CT molecular complexity index is 986. The molecule has 0 fully saturated rings. The van der Waals surface area contributed by atoms with Crippen LogP contribution >= 0.6 is 7.82 Å². The topological polar surface area (TPSA) is 156 Å². The van der Waals surface area contributed by atoms with E-state index in [1.54, 1.807) is 0 Å². The number of carbonyl (C=O) groups excluding carboxylic acids is 2. The van der Waals surface area contributed by atoms with Crippen molar-refractivity contribution < 1.29 is 38.3 Å². The summed E-state index contributed by atoms with van der Waals surface area (Å²) >= 11 is 0. The molecule has 5 N–H and O–H groups in total. The van der Waals surface area contributed by atoms with Gasteiger partial charge in [-0.25, -0.2) is 4.57 Å². The SMILES string of the molecule is CCCCCCCCCCCCCCCCCCCCCCCC(=O)C(OP(=O)(O)OCCN)(C(=O)CCCCCCCCCCCCCCCCCCCCCCC)[C@@H](O)CO. The van der Waals surface area contributed by atoms with Gasteiger partial charge in [0.25, 0.3) is 0 Å². The zero-order valence-electron chi connectivity index (χ0n) is 41.7. The number of ketones is 2. The van der Waals surface area contributed by atoms with Gasteiger partial charge in [-0.15, -0.1) is 0 Å². The number of phosphoric ester groups is 1. The molecule has 0 rings (SSSR count). The number of phosphoric acid groups is 1. The molecule has 0 spiro atoms. The van der Waals surface area contributed by atoms with Crippen LogP contribution in [-0.2, 0) is 23.2 Å². The van der Waals surface area contributed by atoms with E-state index in [2.05, 4.69) is 13.8 Å². The summed E-state index contributed by atoms with van der Waals surface area (Å²) in [6.07, 6.45) is 49.9. The average molecular weight is 916 g/mol. The summed E-state index contributed by atoms with van der Waals surface area (Å²) in [6.45, 7) is 3.16. The highest BCUT2D eigenvalue weighted by Gasteiger charge is 2.55. The molecular weight excluding hydrogens is 810 g/mol. The van der Waals surface area contributed by atoms with E-state index in [1.165, 1.54) is 205 Å². The van der Waals surface area contributed by atoms with Crippen molar-refractivity contribution in [3.8, 4) is 0 Å². The number of hydrogen-bond acceptors (Lipinski definition) is 8. The Kier molecular flexibility index (Phi) is 45.9. The summed E-state index contributed by atoms with van der Waals surface area (Å²) in [4.78, 5) is 38.0. The van der Waals surface area contributed by atoms with Crippen molar-refractivity contribution in [2.75, 3.05) is 19.8 Å².